The van der Waals surface area contributed by atoms with Crippen molar-refractivity contribution in [2.45, 2.75) is 39.8 Å². The van der Waals surface area contributed by atoms with Crippen molar-refractivity contribution in [3.63, 3.8) is 0 Å². The predicted molar refractivity (Wildman–Crippen MR) is 146 cm³/mol. The Kier molecular flexibility index (Phi) is 6.60. The highest BCUT2D eigenvalue weighted by molar-refractivity contribution is 7.07. The molecule has 2 aromatic carbocycles. The number of hydrogen-bond acceptors (Lipinski definition) is 6. The number of nitrogens with zero attached hydrogens (tertiary/aromatic N) is 3. The third-order valence-corrected chi connectivity index (χ3v) is 7.55. The maximum absolute atomic E-state index is 13.9. The van der Waals surface area contributed by atoms with Crippen LogP contribution < -0.4 is 19.6 Å². The second-order valence-electron chi connectivity index (χ2n) is 9.18. The molecule has 0 radical (unpaired) electrons. The summed E-state index contributed by atoms with van der Waals surface area (Å²) in [6.45, 7) is 8.06. The lowest BCUT2D eigenvalue weighted by Gasteiger charge is -2.24. The molecular weight excluding hydrogens is 486 g/mol. The highest BCUT2D eigenvalue weighted by Crippen LogP contribution is 2.32. The van der Waals surface area contributed by atoms with Gasteiger partial charge in [0.2, 0.25) is 0 Å². The zero-order valence-electron chi connectivity index (χ0n) is 21.5. The molecule has 1 aliphatic heterocycles. The van der Waals surface area contributed by atoms with Gasteiger partial charge >= 0.3 is 5.97 Å². The Morgan fingerprint density at radius 3 is 2.57 bits per heavy atom. The van der Waals surface area contributed by atoms with Crippen LogP contribution in [0, 0.1) is 0 Å². The number of allylic oxidation sites excluding steroid dienone is 1. The van der Waals surface area contributed by atoms with E-state index < -0.39 is 12.0 Å². The number of hydrogen-bond donors (Lipinski definition) is 0. The Morgan fingerprint density at radius 1 is 1.16 bits per heavy atom. The fraction of sp³-hybridized carbons (Fsp3) is 0.276. The lowest BCUT2D eigenvalue weighted by atomic mass is 9.96. The Labute approximate surface area is 218 Å². The Balaban J connectivity index is 1.74. The number of carbonyl (C=O) groups is 1. The SMILES string of the molecule is CCOC(=O)C1=C(C)N=c2s/c(=C\c3cn(C(C)C)c4ccccc34)c(=O)n2[C@@H]1c1ccc(OC)cc1. The van der Waals surface area contributed by atoms with Gasteiger partial charge in [-0.3, -0.25) is 9.36 Å². The molecule has 1 atom stereocenters. The summed E-state index contributed by atoms with van der Waals surface area (Å²) in [5, 5.41) is 1.08. The molecule has 0 aliphatic carbocycles. The van der Waals surface area contributed by atoms with Gasteiger partial charge in [0.1, 0.15) is 5.75 Å². The normalized spacial score (nSPS) is 15.7. The van der Waals surface area contributed by atoms with Crippen molar-refractivity contribution in [1.82, 2.24) is 9.13 Å². The average Bonchev–Trinajstić information content (AvgIpc) is 3.41. The van der Waals surface area contributed by atoms with E-state index in [4.69, 9.17) is 9.47 Å². The van der Waals surface area contributed by atoms with E-state index >= 15 is 0 Å². The fourth-order valence-electron chi connectivity index (χ4n) is 4.81. The van der Waals surface area contributed by atoms with Crippen molar-refractivity contribution in [2.24, 2.45) is 4.99 Å². The standard InChI is InChI=1S/C29H29N3O4S/c1-6-36-28(34)25-18(4)30-29-32(26(25)19-11-13-21(35-5)14-12-19)27(33)24(37-29)15-20-16-31(17(2)3)23-10-8-7-9-22(20)23/h7-17,26H,6H2,1-5H3/b24-15-/t26-/m1/s1. The van der Waals surface area contributed by atoms with Gasteiger partial charge in [0, 0.05) is 28.7 Å². The molecule has 1 aliphatic rings. The second-order valence-corrected chi connectivity index (χ2v) is 10.2. The highest BCUT2D eigenvalue weighted by Gasteiger charge is 2.33. The van der Waals surface area contributed by atoms with Gasteiger partial charge in [-0.2, -0.15) is 0 Å². The van der Waals surface area contributed by atoms with E-state index in [9.17, 15) is 9.59 Å². The number of benzene rings is 2. The number of carbonyl (C=O) groups excluding carboxylic acids is 1. The predicted octanol–water partition coefficient (Wildman–Crippen LogP) is 4.34. The number of fused-ring (bicyclic) bond motifs is 2. The van der Waals surface area contributed by atoms with Crippen LogP contribution in [0.3, 0.4) is 0 Å². The maximum atomic E-state index is 13.9. The molecule has 2 aromatic heterocycles. The van der Waals surface area contributed by atoms with Crippen molar-refractivity contribution in [2.75, 3.05) is 13.7 Å². The minimum Gasteiger partial charge on any atom is -0.497 e. The number of ether oxygens (including phenoxy) is 2. The summed E-state index contributed by atoms with van der Waals surface area (Å²) in [6, 6.07) is 15.2. The molecule has 0 bridgehead atoms. The zero-order chi connectivity index (χ0) is 26.3. The summed E-state index contributed by atoms with van der Waals surface area (Å²) in [7, 11) is 1.60. The van der Waals surface area contributed by atoms with Gasteiger partial charge in [-0.05, 0) is 57.5 Å². The third kappa shape index (κ3) is 4.31. The molecule has 7 nitrogen and oxygen atoms in total. The van der Waals surface area contributed by atoms with E-state index in [0.29, 0.717) is 26.4 Å². The van der Waals surface area contributed by atoms with E-state index in [2.05, 4.69) is 41.7 Å². The smallest absolute Gasteiger partial charge is 0.338 e. The molecule has 4 aromatic rings. The van der Waals surface area contributed by atoms with Crippen molar-refractivity contribution >= 4 is 34.3 Å². The van der Waals surface area contributed by atoms with Crippen LogP contribution in [0.15, 0.2) is 75.8 Å². The Morgan fingerprint density at radius 2 is 1.89 bits per heavy atom. The largest absolute Gasteiger partial charge is 0.497 e. The average molecular weight is 516 g/mol. The quantitative estimate of drug-likeness (QED) is 0.358. The lowest BCUT2D eigenvalue weighted by Crippen LogP contribution is -2.39. The first-order valence-corrected chi connectivity index (χ1v) is 13.1. The van der Waals surface area contributed by atoms with Crippen LogP contribution in [-0.4, -0.2) is 28.8 Å². The Hall–Kier alpha value is -3.91. The summed E-state index contributed by atoms with van der Waals surface area (Å²) in [5.74, 6) is 0.218. The Bertz CT molecular complexity index is 1700. The number of methoxy groups -OCH3 is 1. The van der Waals surface area contributed by atoms with Gasteiger partial charge in [0.15, 0.2) is 4.80 Å². The molecule has 0 amide bonds. The summed E-state index contributed by atoms with van der Waals surface area (Å²) in [6.07, 6.45) is 4.02. The van der Waals surface area contributed by atoms with Gasteiger partial charge in [-0.25, -0.2) is 9.79 Å². The van der Waals surface area contributed by atoms with Crippen LogP contribution in [0.25, 0.3) is 17.0 Å². The van der Waals surface area contributed by atoms with Crippen molar-refractivity contribution in [3.05, 3.63) is 96.8 Å². The minimum atomic E-state index is -0.652. The summed E-state index contributed by atoms with van der Waals surface area (Å²) >= 11 is 1.33. The zero-order valence-corrected chi connectivity index (χ0v) is 22.3. The van der Waals surface area contributed by atoms with E-state index in [1.54, 1.807) is 25.5 Å². The molecule has 37 heavy (non-hydrogen) atoms. The molecule has 0 saturated heterocycles. The first-order valence-electron chi connectivity index (χ1n) is 12.3. The molecule has 8 heteroatoms. The molecule has 190 valence electrons. The van der Waals surface area contributed by atoms with E-state index in [1.165, 1.54) is 11.3 Å². The minimum absolute atomic E-state index is 0.194. The number of para-hydroxylation sites is 1. The second kappa shape index (κ2) is 9.86. The van der Waals surface area contributed by atoms with Gasteiger partial charge in [-0.15, -0.1) is 0 Å². The number of thiazole rings is 1. The van der Waals surface area contributed by atoms with Crippen molar-refractivity contribution in [3.8, 4) is 5.75 Å². The summed E-state index contributed by atoms with van der Waals surface area (Å²) in [5.41, 5.74) is 3.58. The van der Waals surface area contributed by atoms with Crippen LogP contribution >= 0.6 is 11.3 Å². The first-order chi connectivity index (χ1) is 17.8. The van der Waals surface area contributed by atoms with Gasteiger partial charge in [0.05, 0.1) is 35.6 Å². The molecule has 5 rings (SSSR count). The summed E-state index contributed by atoms with van der Waals surface area (Å²) < 4.78 is 15.1. The molecular formula is C29H29N3O4S. The first kappa shape index (κ1) is 24.8. The van der Waals surface area contributed by atoms with Crippen molar-refractivity contribution < 1.29 is 14.3 Å². The topological polar surface area (TPSA) is 74.8 Å². The van der Waals surface area contributed by atoms with Crippen molar-refractivity contribution in [1.29, 1.82) is 0 Å². The van der Waals surface area contributed by atoms with Gasteiger partial charge in [-0.1, -0.05) is 41.7 Å². The van der Waals surface area contributed by atoms with Crippen LogP contribution in [0.2, 0.25) is 0 Å². The number of rotatable bonds is 6. The molecule has 0 N–H and O–H groups in total. The van der Waals surface area contributed by atoms with Crippen LogP contribution in [-0.2, 0) is 9.53 Å². The molecule has 0 saturated carbocycles. The van der Waals surface area contributed by atoms with Gasteiger partial charge in [0.25, 0.3) is 5.56 Å². The van der Waals surface area contributed by atoms with Crippen LogP contribution in [0.1, 0.15) is 50.9 Å². The number of aromatic nitrogens is 2. The van der Waals surface area contributed by atoms with Crippen LogP contribution in [0.4, 0.5) is 0 Å². The molecule has 0 fully saturated rings. The highest BCUT2D eigenvalue weighted by atomic mass is 32.1. The fourth-order valence-corrected chi connectivity index (χ4v) is 5.85. The third-order valence-electron chi connectivity index (χ3n) is 6.56. The molecule has 3 heterocycles. The monoisotopic (exact) mass is 515 g/mol. The maximum Gasteiger partial charge on any atom is 0.338 e. The van der Waals surface area contributed by atoms with Crippen LogP contribution in [0.5, 0.6) is 5.75 Å². The lowest BCUT2D eigenvalue weighted by molar-refractivity contribution is -0.139. The van der Waals surface area contributed by atoms with E-state index in [0.717, 1.165) is 22.0 Å². The van der Waals surface area contributed by atoms with Gasteiger partial charge < -0.3 is 14.0 Å². The number of esters is 1. The van der Waals surface area contributed by atoms with E-state index in [1.807, 2.05) is 42.5 Å². The molecule has 0 unspecified atom stereocenters. The molecule has 0 spiro atoms. The summed E-state index contributed by atoms with van der Waals surface area (Å²) in [4.78, 5) is 32.2. The van der Waals surface area contributed by atoms with E-state index in [-0.39, 0.29) is 18.2 Å².